The molecular formula is C13H30O8P2. The van der Waals surface area contributed by atoms with Crippen molar-refractivity contribution >= 4 is 15.4 Å². The molecule has 1 atom stereocenters. The van der Waals surface area contributed by atoms with E-state index in [0.717, 1.165) is 25.7 Å². The molecule has 0 fully saturated rings. The molecule has 0 aliphatic carbocycles. The highest BCUT2D eigenvalue weighted by molar-refractivity contribution is 7.54. The molecule has 0 aromatic rings. The van der Waals surface area contributed by atoms with Gasteiger partial charge < -0.3 is 24.7 Å². The Kier molecular flexibility index (Phi) is 11.1. The van der Waals surface area contributed by atoms with Crippen LogP contribution in [0.4, 0.5) is 0 Å². The number of aliphatic hydroxyl groups is 1. The lowest BCUT2D eigenvalue weighted by molar-refractivity contribution is -0.102. The summed E-state index contributed by atoms with van der Waals surface area (Å²) in [6.45, 7) is 2.16. The zero-order valence-corrected chi connectivity index (χ0v) is 15.4. The molecule has 10 heteroatoms. The third kappa shape index (κ3) is 11.4. The summed E-state index contributed by atoms with van der Waals surface area (Å²) >= 11 is 0. The van der Waals surface area contributed by atoms with E-state index >= 15 is 0 Å². The molecule has 8 nitrogen and oxygen atoms in total. The van der Waals surface area contributed by atoms with Crippen LogP contribution in [0.15, 0.2) is 0 Å². The van der Waals surface area contributed by atoms with Crippen LogP contribution in [0.3, 0.4) is 0 Å². The number of hydrogen-bond acceptors (Lipinski definition) is 4. The van der Waals surface area contributed by atoms with Crippen molar-refractivity contribution in [3.63, 3.8) is 0 Å². The average molecular weight is 376 g/mol. The zero-order valence-electron chi connectivity index (χ0n) is 13.6. The van der Waals surface area contributed by atoms with Gasteiger partial charge in [0.05, 0.1) is 0 Å². The van der Waals surface area contributed by atoms with Gasteiger partial charge in [-0.25, -0.2) is 9.09 Å². The lowest BCUT2D eigenvalue weighted by Gasteiger charge is -2.28. The van der Waals surface area contributed by atoms with Crippen LogP contribution in [0.2, 0.25) is 0 Å². The minimum atomic E-state index is -5.22. The van der Waals surface area contributed by atoms with Gasteiger partial charge in [-0.3, -0.25) is 4.57 Å². The Morgan fingerprint density at radius 3 is 1.52 bits per heavy atom. The van der Waals surface area contributed by atoms with Gasteiger partial charge in [-0.05, 0) is 6.42 Å². The number of rotatable bonds is 14. The fourth-order valence-corrected chi connectivity index (χ4v) is 3.94. The zero-order chi connectivity index (χ0) is 18.0. The van der Waals surface area contributed by atoms with Crippen molar-refractivity contribution < 1.29 is 38.3 Å². The van der Waals surface area contributed by atoms with Crippen LogP contribution in [-0.4, -0.2) is 30.2 Å². The molecule has 0 aliphatic heterocycles. The number of phosphoric ester groups is 1. The molecule has 5 N–H and O–H groups in total. The van der Waals surface area contributed by atoms with Crippen molar-refractivity contribution in [3.05, 3.63) is 0 Å². The lowest BCUT2D eigenvalue weighted by Crippen LogP contribution is -2.31. The van der Waals surface area contributed by atoms with Crippen molar-refractivity contribution in [1.29, 1.82) is 0 Å². The van der Waals surface area contributed by atoms with E-state index in [4.69, 9.17) is 19.6 Å². The first kappa shape index (κ1) is 23.2. The van der Waals surface area contributed by atoms with Crippen LogP contribution >= 0.6 is 15.4 Å². The maximum atomic E-state index is 11.2. The summed E-state index contributed by atoms with van der Waals surface area (Å²) < 4.78 is 25.9. The van der Waals surface area contributed by atoms with Crippen LogP contribution < -0.4 is 0 Å². The topological polar surface area (TPSA) is 145 Å². The highest BCUT2D eigenvalue weighted by Gasteiger charge is 2.50. The third-order valence-corrected chi connectivity index (χ3v) is 5.49. The van der Waals surface area contributed by atoms with Gasteiger partial charge in [0.1, 0.15) is 0 Å². The SMILES string of the molecule is CCCCCCCCCCCCC(O)(OP(=O)(O)O)P(=O)(O)O. The molecule has 0 heterocycles. The summed E-state index contributed by atoms with van der Waals surface area (Å²) in [4.78, 5) is 35.4. The van der Waals surface area contributed by atoms with E-state index in [9.17, 15) is 14.2 Å². The molecule has 0 saturated heterocycles. The van der Waals surface area contributed by atoms with Gasteiger partial charge in [-0.15, -0.1) is 0 Å². The molecule has 0 radical (unpaired) electrons. The Balaban J connectivity index is 3.98. The Labute approximate surface area is 137 Å². The maximum absolute atomic E-state index is 11.2. The maximum Gasteiger partial charge on any atom is 0.472 e. The van der Waals surface area contributed by atoms with E-state index in [0.29, 0.717) is 6.42 Å². The molecule has 23 heavy (non-hydrogen) atoms. The summed E-state index contributed by atoms with van der Waals surface area (Å²) in [5.41, 5.74) is -3.13. The van der Waals surface area contributed by atoms with E-state index in [1.54, 1.807) is 0 Å². The molecule has 0 bridgehead atoms. The summed E-state index contributed by atoms with van der Waals surface area (Å²) in [6, 6.07) is 0. The first-order valence-electron chi connectivity index (χ1n) is 8.06. The second kappa shape index (κ2) is 11.0. The summed E-state index contributed by atoms with van der Waals surface area (Å²) in [6.07, 6.45) is 9.26. The minimum absolute atomic E-state index is 0.206. The molecule has 0 spiro atoms. The Morgan fingerprint density at radius 2 is 1.17 bits per heavy atom. The van der Waals surface area contributed by atoms with Crippen LogP contribution in [0, 0.1) is 0 Å². The molecule has 0 saturated carbocycles. The van der Waals surface area contributed by atoms with E-state index < -0.39 is 27.4 Å². The van der Waals surface area contributed by atoms with Crippen molar-refractivity contribution in [2.75, 3.05) is 0 Å². The van der Waals surface area contributed by atoms with E-state index in [1.165, 1.54) is 25.7 Å². The van der Waals surface area contributed by atoms with Gasteiger partial charge in [0, 0.05) is 6.42 Å². The first-order valence-corrected chi connectivity index (χ1v) is 11.2. The minimum Gasteiger partial charge on any atom is -0.356 e. The first-order chi connectivity index (χ1) is 10.5. The molecule has 140 valence electrons. The lowest BCUT2D eigenvalue weighted by atomic mass is 10.1. The summed E-state index contributed by atoms with van der Waals surface area (Å²) in [5.74, 6) is 0. The largest absolute Gasteiger partial charge is 0.472 e. The predicted octanol–water partition coefficient (Wildman–Crippen LogP) is 3.23. The predicted molar refractivity (Wildman–Crippen MR) is 86.6 cm³/mol. The molecule has 0 rings (SSSR count). The monoisotopic (exact) mass is 376 g/mol. The molecule has 0 aromatic heterocycles. The van der Waals surface area contributed by atoms with Crippen LogP contribution in [0.1, 0.15) is 77.6 Å². The van der Waals surface area contributed by atoms with Crippen LogP contribution in [0.5, 0.6) is 0 Å². The fourth-order valence-electron chi connectivity index (χ4n) is 2.28. The molecule has 0 aromatic carbocycles. The van der Waals surface area contributed by atoms with Crippen molar-refractivity contribution in [1.82, 2.24) is 0 Å². The van der Waals surface area contributed by atoms with Gasteiger partial charge in [0.15, 0.2) is 0 Å². The van der Waals surface area contributed by atoms with Crippen molar-refractivity contribution in [2.45, 2.75) is 83.1 Å². The summed E-state index contributed by atoms with van der Waals surface area (Å²) in [7, 11) is -10.4. The molecular weight excluding hydrogens is 346 g/mol. The average Bonchev–Trinajstić information content (AvgIpc) is 2.37. The third-order valence-electron chi connectivity index (χ3n) is 3.58. The molecule has 0 aliphatic rings. The van der Waals surface area contributed by atoms with Crippen molar-refractivity contribution in [3.8, 4) is 0 Å². The Morgan fingerprint density at radius 1 is 0.783 bits per heavy atom. The fraction of sp³-hybridized carbons (Fsp3) is 1.00. The van der Waals surface area contributed by atoms with E-state index in [2.05, 4.69) is 11.4 Å². The number of hydrogen-bond donors (Lipinski definition) is 5. The van der Waals surface area contributed by atoms with E-state index in [-0.39, 0.29) is 6.42 Å². The van der Waals surface area contributed by atoms with Gasteiger partial charge in [0.25, 0.3) is 5.53 Å². The summed E-state index contributed by atoms with van der Waals surface area (Å²) in [5, 5.41) is 9.73. The molecule has 1 unspecified atom stereocenters. The van der Waals surface area contributed by atoms with Gasteiger partial charge in [0.2, 0.25) is 0 Å². The second-order valence-electron chi connectivity index (χ2n) is 5.80. The Bertz CT molecular complexity index is 405. The normalized spacial score (nSPS) is 15.6. The molecule has 0 amide bonds. The van der Waals surface area contributed by atoms with Crippen LogP contribution in [-0.2, 0) is 13.7 Å². The van der Waals surface area contributed by atoms with Crippen LogP contribution in [0.25, 0.3) is 0 Å². The highest BCUT2D eigenvalue weighted by atomic mass is 31.2. The smallest absolute Gasteiger partial charge is 0.356 e. The Hall–Kier alpha value is 0.220. The number of phosphoric acid groups is 1. The standard InChI is InChI=1S/C13H30O8P2/c1-2-3-4-5-6-7-8-9-10-11-12-13(14,22(15,16)17)21-23(18,19)20/h14H,2-12H2,1H3,(H2,15,16,17)(H2,18,19,20). The van der Waals surface area contributed by atoms with E-state index in [1.807, 2.05) is 0 Å². The van der Waals surface area contributed by atoms with Gasteiger partial charge in [-0.1, -0.05) is 64.7 Å². The van der Waals surface area contributed by atoms with Crippen molar-refractivity contribution in [2.24, 2.45) is 0 Å². The number of unbranched alkanes of at least 4 members (excludes halogenated alkanes) is 9. The second-order valence-corrected chi connectivity index (χ2v) is 8.75. The quantitative estimate of drug-likeness (QED) is 0.176. The van der Waals surface area contributed by atoms with Gasteiger partial charge >= 0.3 is 15.4 Å². The van der Waals surface area contributed by atoms with Gasteiger partial charge in [-0.2, -0.15) is 0 Å². The highest BCUT2D eigenvalue weighted by Crippen LogP contribution is 2.58.